The highest BCUT2D eigenvalue weighted by Gasteiger charge is 2.19. The number of Topliss-reactive ketones (excluding diaryl/α,β-unsaturated/α-hetero) is 1. The van der Waals surface area contributed by atoms with Gasteiger partial charge in [-0.2, -0.15) is 0 Å². The van der Waals surface area contributed by atoms with E-state index in [9.17, 15) is 14.4 Å². The lowest BCUT2D eigenvalue weighted by atomic mass is 9.95. The Labute approximate surface area is 143 Å². The molecule has 130 valence electrons. The van der Waals surface area contributed by atoms with Crippen LogP contribution in [0.5, 0.6) is 0 Å². The van der Waals surface area contributed by atoms with Gasteiger partial charge in [0.2, 0.25) is 11.7 Å². The van der Waals surface area contributed by atoms with Crippen molar-refractivity contribution in [1.29, 1.82) is 0 Å². The molecule has 0 saturated carbocycles. The van der Waals surface area contributed by atoms with Crippen molar-refractivity contribution in [3.05, 3.63) is 46.2 Å². The van der Waals surface area contributed by atoms with Crippen molar-refractivity contribution in [3.63, 3.8) is 0 Å². The first-order valence-electron chi connectivity index (χ1n) is 8.10. The van der Waals surface area contributed by atoms with Crippen LogP contribution in [0.25, 0.3) is 0 Å². The number of nitrogens with one attached hydrogen (secondary N) is 1. The number of ketones is 1. The van der Waals surface area contributed by atoms with Gasteiger partial charge in [0.1, 0.15) is 6.29 Å². The summed E-state index contributed by atoms with van der Waals surface area (Å²) < 4.78 is 0. The zero-order valence-corrected chi connectivity index (χ0v) is 14.8. The van der Waals surface area contributed by atoms with Gasteiger partial charge in [0, 0.05) is 24.1 Å². The van der Waals surface area contributed by atoms with Gasteiger partial charge in [0.05, 0.1) is 5.70 Å². The maximum absolute atomic E-state index is 12.9. The van der Waals surface area contributed by atoms with Crippen LogP contribution in [0.4, 0.5) is 0 Å². The molecule has 1 aromatic rings. The van der Waals surface area contributed by atoms with E-state index < -0.39 is 0 Å². The first-order chi connectivity index (χ1) is 11.3. The SMILES string of the molecule is Cc1cc(C)cc(C(=O)/C(NCCCC(N)=O)=C(/C=O)C(C)C)c1. The molecule has 3 N–H and O–H groups in total. The summed E-state index contributed by atoms with van der Waals surface area (Å²) in [6.07, 6.45) is 1.46. The summed E-state index contributed by atoms with van der Waals surface area (Å²) in [5.41, 5.74) is 8.38. The molecule has 1 amide bonds. The van der Waals surface area contributed by atoms with Crippen molar-refractivity contribution < 1.29 is 14.4 Å². The van der Waals surface area contributed by atoms with Crippen LogP contribution >= 0.6 is 0 Å². The minimum absolute atomic E-state index is 0.0870. The van der Waals surface area contributed by atoms with Crippen LogP contribution in [0, 0.1) is 19.8 Å². The second-order valence-electron chi connectivity index (χ2n) is 6.31. The Hall–Kier alpha value is -2.43. The topological polar surface area (TPSA) is 89.3 Å². The number of aldehydes is 1. The highest BCUT2D eigenvalue weighted by Crippen LogP contribution is 2.18. The molecule has 24 heavy (non-hydrogen) atoms. The highest BCUT2D eigenvalue weighted by molar-refractivity contribution is 6.11. The van der Waals surface area contributed by atoms with Crippen LogP contribution in [0.3, 0.4) is 0 Å². The fourth-order valence-corrected chi connectivity index (χ4v) is 2.52. The van der Waals surface area contributed by atoms with E-state index >= 15 is 0 Å². The summed E-state index contributed by atoms with van der Waals surface area (Å²) in [7, 11) is 0. The van der Waals surface area contributed by atoms with Crippen LogP contribution < -0.4 is 11.1 Å². The second kappa shape index (κ2) is 9.01. The molecule has 0 unspecified atom stereocenters. The van der Waals surface area contributed by atoms with E-state index in [0.29, 0.717) is 29.8 Å². The quantitative estimate of drug-likeness (QED) is 0.315. The van der Waals surface area contributed by atoms with Gasteiger partial charge in [-0.25, -0.2) is 0 Å². The van der Waals surface area contributed by atoms with Gasteiger partial charge in [-0.05, 0) is 38.3 Å². The third-order valence-electron chi connectivity index (χ3n) is 3.65. The van der Waals surface area contributed by atoms with Crippen molar-refractivity contribution in [3.8, 4) is 0 Å². The molecule has 0 aliphatic rings. The number of carbonyl (C=O) groups excluding carboxylic acids is 3. The molecule has 0 aliphatic carbocycles. The van der Waals surface area contributed by atoms with Crippen molar-refractivity contribution in [2.75, 3.05) is 6.54 Å². The number of allylic oxidation sites excluding steroid dienone is 2. The molecule has 0 saturated heterocycles. The van der Waals surface area contributed by atoms with E-state index in [2.05, 4.69) is 5.32 Å². The van der Waals surface area contributed by atoms with Gasteiger partial charge in [-0.3, -0.25) is 14.4 Å². The molecule has 0 atom stereocenters. The van der Waals surface area contributed by atoms with E-state index in [4.69, 9.17) is 5.73 Å². The monoisotopic (exact) mass is 330 g/mol. The molecule has 0 aromatic heterocycles. The summed E-state index contributed by atoms with van der Waals surface area (Å²) >= 11 is 0. The van der Waals surface area contributed by atoms with Gasteiger partial charge >= 0.3 is 0 Å². The predicted octanol–water partition coefficient (Wildman–Crippen LogP) is 2.45. The molecule has 0 aliphatic heterocycles. The third-order valence-corrected chi connectivity index (χ3v) is 3.65. The molecule has 5 nitrogen and oxygen atoms in total. The van der Waals surface area contributed by atoms with E-state index in [1.807, 2.05) is 45.9 Å². The van der Waals surface area contributed by atoms with E-state index in [0.717, 1.165) is 17.4 Å². The molecular weight excluding hydrogens is 304 g/mol. The Kier molecular flexibility index (Phi) is 7.36. The highest BCUT2D eigenvalue weighted by atomic mass is 16.1. The molecule has 0 bridgehead atoms. The molecule has 1 aromatic carbocycles. The summed E-state index contributed by atoms with van der Waals surface area (Å²) in [6, 6.07) is 5.61. The number of rotatable bonds is 9. The third kappa shape index (κ3) is 5.65. The number of aryl methyl sites for hydroxylation is 2. The minimum Gasteiger partial charge on any atom is -0.382 e. The maximum atomic E-state index is 12.9. The number of amides is 1. The predicted molar refractivity (Wildman–Crippen MR) is 94.6 cm³/mol. The molecule has 1 rings (SSSR count). The summed E-state index contributed by atoms with van der Waals surface area (Å²) in [6.45, 7) is 7.99. The largest absolute Gasteiger partial charge is 0.382 e. The van der Waals surface area contributed by atoms with Crippen LogP contribution in [-0.2, 0) is 9.59 Å². The molecule has 5 heteroatoms. The summed E-state index contributed by atoms with van der Waals surface area (Å²) in [4.78, 5) is 35.2. The summed E-state index contributed by atoms with van der Waals surface area (Å²) in [5.74, 6) is -0.685. The van der Waals surface area contributed by atoms with Gasteiger partial charge in [0.15, 0.2) is 0 Å². The van der Waals surface area contributed by atoms with Crippen LogP contribution in [0.2, 0.25) is 0 Å². The number of nitrogens with two attached hydrogens (primary N) is 1. The minimum atomic E-state index is -0.387. The standard InChI is InChI=1S/C19H26N2O3/c1-12(2)16(11-22)18(21-7-5-6-17(20)23)19(24)15-9-13(3)8-14(4)10-15/h8-12,21H,5-7H2,1-4H3,(H2,20,23)/b18-16+. The fraction of sp³-hybridized carbons (Fsp3) is 0.421. The normalized spacial score (nSPS) is 11.9. The smallest absolute Gasteiger partial charge is 0.217 e. The van der Waals surface area contributed by atoms with Crippen LogP contribution in [0.15, 0.2) is 29.5 Å². The number of hydrogen-bond acceptors (Lipinski definition) is 4. The first kappa shape index (κ1) is 19.6. The van der Waals surface area contributed by atoms with Gasteiger partial charge in [-0.15, -0.1) is 0 Å². The Bertz CT molecular complexity index is 640. The first-order valence-corrected chi connectivity index (χ1v) is 8.10. The molecule has 0 radical (unpaired) electrons. The number of carbonyl (C=O) groups is 3. The van der Waals surface area contributed by atoms with Crippen molar-refractivity contribution in [1.82, 2.24) is 5.32 Å². The Morgan fingerprint density at radius 1 is 1.17 bits per heavy atom. The molecule has 0 fully saturated rings. The number of primary amides is 1. The zero-order valence-electron chi connectivity index (χ0n) is 14.8. The second-order valence-corrected chi connectivity index (χ2v) is 6.31. The Balaban J connectivity index is 3.14. The zero-order chi connectivity index (χ0) is 18.3. The van der Waals surface area contributed by atoms with E-state index in [1.165, 1.54) is 0 Å². The van der Waals surface area contributed by atoms with Crippen LogP contribution in [0.1, 0.15) is 48.2 Å². The fourth-order valence-electron chi connectivity index (χ4n) is 2.52. The van der Waals surface area contributed by atoms with Gasteiger partial charge < -0.3 is 11.1 Å². The van der Waals surface area contributed by atoms with Crippen molar-refractivity contribution in [2.45, 2.75) is 40.5 Å². The molecular formula is C19H26N2O3. The van der Waals surface area contributed by atoms with Crippen molar-refractivity contribution >= 4 is 18.0 Å². The average Bonchev–Trinajstić information content (AvgIpc) is 2.48. The van der Waals surface area contributed by atoms with Gasteiger partial charge in [-0.1, -0.05) is 31.0 Å². The molecule has 0 spiro atoms. The maximum Gasteiger partial charge on any atom is 0.217 e. The average molecular weight is 330 g/mol. The van der Waals surface area contributed by atoms with E-state index in [-0.39, 0.29) is 24.0 Å². The lowest BCUT2D eigenvalue weighted by molar-refractivity contribution is -0.118. The Morgan fingerprint density at radius 2 is 1.75 bits per heavy atom. The lowest BCUT2D eigenvalue weighted by Crippen LogP contribution is -2.26. The van der Waals surface area contributed by atoms with Gasteiger partial charge in [0.25, 0.3) is 0 Å². The van der Waals surface area contributed by atoms with Crippen LogP contribution in [-0.4, -0.2) is 24.5 Å². The van der Waals surface area contributed by atoms with E-state index in [1.54, 1.807) is 0 Å². The number of benzene rings is 1. The van der Waals surface area contributed by atoms with Crippen molar-refractivity contribution in [2.24, 2.45) is 11.7 Å². The Morgan fingerprint density at radius 3 is 2.21 bits per heavy atom. The molecule has 0 heterocycles. The number of hydrogen-bond donors (Lipinski definition) is 2. The lowest BCUT2D eigenvalue weighted by Gasteiger charge is -2.16. The summed E-state index contributed by atoms with van der Waals surface area (Å²) in [5, 5.41) is 3.04.